The van der Waals surface area contributed by atoms with Gasteiger partial charge in [-0.3, -0.25) is 9.59 Å². The monoisotopic (exact) mass is 406 g/mol. The van der Waals surface area contributed by atoms with Crippen molar-refractivity contribution < 1.29 is 33.8 Å². The van der Waals surface area contributed by atoms with E-state index in [9.17, 15) is 24.3 Å². The number of aromatic hydroxyl groups is 1. The van der Waals surface area contributed by atoms with Crippen LogP contribution in [-0.2, 0) is 9.59 Å². The summed E-state index contributed by atoms with van der Waals surface area (Å²) in [7, 11) is 1.38. The van der Waals surface area contributed by atoms with E-state index in [1.165, 1.54) is 43.5 Å². The summed E-state index contributed by atoms with van der Waals surface area (Å²) in [6, 6.07) is 9.71. The van der Waals surface area contributed by atoms with Crippen LogP contribution in [0.2, 0.25) is 0 Å². The van der Waals surface area contributed by atoms with Gasteiger partial charge in [0.25, 0.3) is 5.91 Å². The maximum Gasteiger partial charge on any atom is 0.349 e. The van der Waals surface area contributed by atoms with Crippen molar-refractivity contribution >= 4 is 29.8 Å². The number of esters is 1. The Hall–Kier alpha value is -4.40. The average Bonchev–Trinajstić information content (AvgIpc) is 2.99. The van der Waals surface area contributed by atoms with Gasteiger partial charge in [-0.05, 0) is 35.9 Å². The van der Waals surface area contributed by atoms with E-state index in [1.807, 2.05) is 0 Å². The van der Waals surface area contributed by atoms with Gasteiger partial charge in [-0.1, -0.05) is 18.2 Å². The molecular weight excluding hydrogens is 392 g/mol. The molecule has 0 aromatic heterocycles. The van der Waals surface area contributed by atoms with E-state index in [0.717, 1.165) is 6.20 Å². The lowest BCUT2D eigenvalue weighted by Gasteiger charge is -2.17. The molecule has 2 aromatic rings. The molecule has 2 heterocycles. The van der Waals surface area contributed by atoms with Gasteiger partial charge in [0.15, 0.2) is 11.5 Å². The summed E-state index contributed by atoms with van der Waals surface area (Å²) in [6.07, 6.45) is 2.24. The number of methoxy groups -OCH3 is 1. The number of Topliss-reactive ketones (excluding diaryl/α,β-unsaturated/α-hetero) is 1. The van der Waals surface area contributed by atoms with E-state index < -0.39 is 29.3 Å². The van der Waals surface area contributed by atoms with Crippen molar-refractivity contribution in [2.45, 2.75) is 0 Å². The topological polar surface area (TPSA) is 122 Å². The molecule has 2 aliphatic heterocycles. The van der Waals surface area contributed by atoms with Crippen LogP contribution in [0.15, 0.2) is 59.9 Å². The fourth-order valence-electron chi connectivity index (χ4n) is 2.99. The fraction of sp³-hybridized carbons (Fsp3) is 0.0476. The number of amides is 3. The summed E-state index contributed by atoms with van der Waals surface area (Å²) in [5.41, 5.74) is 0.110. The van der Waals surface area contributed by atoms with Gasteiger partial charge in [-0.2, -0.15) is 0 Å². The van der Waals surface area contributed by atoms with Gasteiger partial charge >= 0.3 is 12.0 Å². The minimum Gasteiger partial charge on any atom is -0.504 e. The number of carbonyl (C=O) groups is 4. The molecule has 0 spiro atoms. The van der Waals surface area contributed by atoms with Crippen molar-refractivity contribution in [1.82, 2.24) is 10.2 Å². The first-order valence-corrected chi connectivity index (χ1v) is 8.70. The average molecular weight is 406 g/mol. The standard InChI is InChI=1S/C21H14N2O7/c1-29-17-9-11(6-7-15(17)24)8-14-19(26)23(21(28)22-14)10-13-18(25)12-4-2-3-5-16(12)30-20(13)27/h2-10,24H,1H3,(H,22,28)/b13-10-,14-8-. The Kier molecular flexibility index (Phi) is 4.55. The van der Waals surface area contributed by atoms with Crippen LogP contribution in [0.1, 0.15) is 15.9 Å². The van der Waals surface area contributed by atoms with E-state index in [0.29, 0.717) is 10.5 Å². The third-order valence-corrected chi connectivity index (χ3v) is 4.48. The van der Waals surface area contributed by atoms with Gasteiger partial charge in [-0.25, -0.2) is 14.5 Å². The number of nitrogens with one attached hydrogen (secondary N) is 1. The number of fused-ring (bicyclic) bond motifs is 1. The molecule has 3 amide bonds. The fourth-order valence-corrected chi connectivity index (χ4v) is 2.99. The van der Waals surface area contributed by atoms with Gasteiger partial charge in [0, 0.05) is 6.20 Å². The second kappa shape index (κ2) is 7.21. The Balaban J connectivity index is 1.65. The molecule has 0 bridgehead atoms. The Morgan fingerprint density at radius 1 is 1.10 bits per heavy atom. The highest BCUT2D eigenvalue weighted by atomic mass is 16.5. The highest BCUT2D eigenvalue weighted by Crippen LogP contribution is 2.29. The lowest BCUT2D eigenvalue weighted by molar-refractivity contribution is -0.130. The zero-order valence-electron chi connectivity index (χ0n) is 15.5. The van der Waals surface area contributed by atoms with Crippen molar-refractivity contribution in [3.8, 4) is 17.2 Å². The van der Waals surface area contributed by atoms with Crippen LogP contribution in [0.5, 0.6) is 17.2 Å². The number of nitrogens with zero attached hydrogens (tertiary/aromatic N) is 1. The highest BCUT2D eigenvalue weighted by molar-refractivity contribution is 6.28. The quantitative estimate of drug-likeness (QED) is 0.263. The molecule has 9 heteroatoms. The summed E-state index contributed by atoms with van der Waals surface area (Å²) in [5.74, 6) is -2.15. The Morgan fingerprint density at radius 2 is 1.87 bits per heavy atom. The molecule has 4 rings (SSSR count). The first-order chi connectivity index (χ1) is 14.4. The number of phenols is 1. The van der Waals surface area contributed by atoms with E-state index >= 15 is 0 Å². The van der Waals surface area contributed by atoms with Crippen molar-refractivity contribution in [1.29, 1.82) is 0 Å². The molecule has 2 N–H and O–H groups in total. The van der Waals surface area contributed by atoms with Gasteiger partial charge in [-0.15, -0.1) is 0 Å². The van der Waals surface area contributed by atoms with Crippen LogP contribution in [0.3, 0.4) is 0 Å². The van der Waals surface area contributed by atoms with Crippen molar-refractivity contribution in [3.05, 3.63) is 71.1 Å². The molecule has 0 saturated carbocycles. The number of hydrogen-bond donors (Lipinski definition) is 2. The molecule has 30 heavy (non-hydrogen) atoms. The summed E-state index contributed by atoms with van der Waals surface area (Å²) in [5, 5.41) is 12.0. The van der Waals surface area contributed by atoms with Crippen LogP contribution < -0.4 is 14.8 Å². The largest absolute Gasteiger partial charge is 0.504 e. The predicted octanol–water partition coefficient (Wildman–Crippen LogP) is 1.98. The summed E-state index contributed by atoms with van der Waals surface area (Å²) >= 11 is 0. The number of para-hydroxylation sites is 1. The summed E-state index contributed by atoms with van der Waals surface area (Å²) in [4.78, 5) is 50.4. The lowest BCUT2D eigenvalue weighted by Crippen LogP contribution is -2.31. The predicted molar refractivity (Wildman–Crippen MR) is 103 cm³/mol. The molecule has 1 fully saturated rings. The van der Waals surface area contributed by atoms with Gasteiger partial charge in [0.05, 0.1) is 12.7 Å². The van der Waals surface area contributed by atoms with Crippen molar-refractivity contribution in [2.24, 2.45) is 0 Å². The van der Waals surface area contributed by atoms with Crippen LogP contribution in [0, 0.1) is 0 Å². The Labute approximate surface area is 169 Å². The maximum absolute atomic E-state index is 12.7. The molecule has 9 nitrogen and oxygen atoms in total. The zero-order valence-corrected chi connectivity index (χ0v) is 15.5. The SMILES string of the molecule is COc1cc(/C=C2\NC(=O)N(/C=C3\C(=O)Oc4ccccc4C3=O)C2=O)ccc1O. The van der Waals surface area contributed by atoms with E-state index in [1.54, 1.807) is 12.1 Å². The smallest absolute Gasteiger partial charge is 0.349 e. The number of urea groups is 1. The number of carbonyl (C=O) groups excluding carboxylic acids is 4. The van der Waals surface area contributed by atoms with Crippen molar-refractivity contribution in [3.63, 3.8) is 0 Å². The van der Waals surface area contributed by atoms with Gasteiger partial charge in [0.1, 0.15) is 17.0 Å². The molecule has 0 radical (unpaired) electrons. The second-order valence-electron chi connectivity index (χ2n) is 6.35. The summed E-state index contributed by atoms with van der Waals surface area (Å²) in [6.45, 7) is 0. The normalized spacial score (nSPS) is 18.5. The number of phenolic OH excluding ortho intramolecular Hbond substituents is 1. The molecule has 2 aliphatic rings. The highest BCUT2D eigenvalue weighted by Gasteiger charge is 2.37. The van der Waals surface area contributed by atoms with Gasteiger partial charge < -0.3 is 19.9 Å². The first-order valence-electron chi connectivity index (χ1n) is 8.70. The van der Waals surface area contributed by atoms with Crippen LogP contribution in [-0.4, -0.2) is 40.8 Å². The van der Waals surface area contributed by atoms with Gasteiger partial charge in [0.2, 0.25) is 5.78 Å². The third kappa shape index (κ3) is 3.18. The maximum atomic E-state index is 12.7. The van der Waals surface area contributed by atoms with Crippen LogP contribution >= 0.6 is 0 Å². The molecule has 0 aliphatic carbocycles. The van der Waals surface area contributed by atoms with Crippen molar-refractivity contribution in [2.75, 3.05) is 7.11 Å². The number of hydrogen-bond acceptors (Lipinski definition) is 7. The molecule has 0 unspecified atom stereocenters. The van der Waals surface area contributed by atoms with E-state index in [4.69, 9.17) is 9.47 Å². The number of imide groups is 1. The Morgan fingerprint density at radius 3 is 2.63 bits per heavy atom. The number of benzene rings is 2. The minimum absolute atomic E-state index is 0.0811. The molecule has 2 aromatic carbocycles. The minimum atomic E-state index is -0.958. The number of ketones is 1. The molecule has 1 saturated heterocycles. The number of rotatable bonds is 3. The van der Waals surface area contributed by atoms with Crippen LogP contribution in [0.4, 0.5) is 4.79 Å². The molecule has 150 valence electrons. The zero-order chi connectivity index (χ0) is 21.4. The summed E-state index contributed by atoms with van der Waals surface area (Å²) < 4.78 is 10.1. The second-order valence-corrected chi connectivity index (χ2v) is 6.35. The Bertz CT molecular complexity index is 1180. The molecule has 0 atom stereocenters. The van der Waals surface area contributed by atoms with E-state index in [2.05, 4.69) is 5.32 Å². The molecular formula is C21H14N2O7. The number of ether oxygens (including phenoxy) is 2. The lowest BCUT2D eigenvalue weighted by atomic mass is 10.0. The van der Waals surface area contributed by atoms with Crippen LogP contribution in [0.25, 0.3) is 6.08 Å². The third-order valence-electron chi connectivity index (χ3n) is 4.48. The van der Waals surface area contributed by atoms with E-state index in [-0.39, 0.29) is 28.5 Å². The first kappa shape index (κ1) is 18.9.